The summed E-state index contributed by atoms with van der Waals surface area (Å²) in [5.41, 5.74) is 3.05. The molecule has 0 saturated carbocycles. The standard InChI is InChI=1S/C15H10Cl2FN3O2/c16-11-3-1-2-10(6-11)15(22)21-20-14(8-19-23)9-4-5-13(18)12(17)7-9/h1-8,23H,(H,21,22)/b19-8+,20-14+. The Hall–Kier alpha value is -2.44. The topological polar surface area (TPSA) is 74.0 Å². The lowest BCUT2D eigenvalue weighted by atomic mass is 10.1. The largest absolute Gasteiger partial charge is 0.411 e. The lowest BCUT2D eigenvalue weighted by Gasteiger charge is -2.04. The molecule has 8 heteroatoms. The molecule has 1 amide bonds. The number of benzene rings is 2. The molecule has 2 aromatic rings. The zero-order valence-electron chi connectivity index (χ0n) is 11.5. The highest BCUT2D eigenvalue weighted by Crippen LogP contribution is 2.16. The Morgan fingerprint density at radius 2 is 1.96 bits per heavy atom. The van der Waals surface area contributed by atoms with Gasteiger partial charge in [0.2, 0.25) is 0 Å². The van der Waals surface area contributed by atoms with Gasteiger partial charge in [-0.25, -0.2) is 9.82 Å². The normalized spacial score (nSPS) is 11.7. The summed E-state index contributed by atoms with van der Waals surface area (Å²) in [4.78, 5) is 12.0. The van der Waals surface area contributed by atoms with Crippen molar-refractivity contribution in [3.05, 3.63) is 69.5 Å². The predicted molar refractivity (Wildman–Crippen MR) is 87.1 cm³/mol. The van der Waals surface area contributed by atoms with Crippen LogP contribution in [-0.2, 0) is 0 Å². The monoisotopic (exact) mass is 353 g/mol. The van der Waals surface area contributed by atoms with Crippen molar-refractivity contribution < 1.29 is 14.4 Å². The molecule has 2 N–H and O–H groups in total. The third kappa shape index (κ3) is 4.51. The van der Waals surface area contributed by atoms with E-state index in [-0.39, 0.29) is 10.7 Å². The molecule has 0 saturated heterocycles. The van der Waals surface area contributed by atoms with Crippen molar-refractivity contribution in [1.82, 2.24) is 5.43 Å². The molecule has 2 rings (SSSR count). The summed E-state index contributed by atoms with van der Waals surface area (Å²) in [6, 6.07) is 10.1. The van der Waals surface area contributed by atoms with Crippen LogP contribution in [0.1, 0.15) is 15.9 Å². The number of hydrazone groups is 1. The predicted octanol–water partition coefficient (Wildman–Crippen LogP) is 3.73. The Labute approximate surface area is 141 Å². The first kappa shape index (κ1) is 16.9. The van der Waals surface area contributed by atoms with Gasteiger partial charge in [-0.3, -0.25) is 4.79 Å². The van der Waals surface area contributed by atoms with Crippen LogP contribution in [0.5, 0.6) is 0 Å². The van der Waals surface area contributed by atoms with Crippen molar-refractivity contribution in [2.24, 2.45) is 10.3 Å². The van der Waals surface area contributed by atoms with Crippen LogP contribution < -0.4 is 5.43 Å². The van der Waals surface area contributed by atoms with E-state index >= 15 is 0 Å². The molecule has 5 nitrogen and oxygen atoms in total. The fourth-order valence-electron chi connectivity index (χ4n) is 1.68. The van der Waals surface area contributed by atoms with Gasteiger partial charge < -0.3 is 5.21 Å². The Morgan fingerprint density at radius 1 is 1.17 bits per heavy atom. The zero-order valence-corrected chi connectivity index (χ0v) is 13.0. The number of nitrogens with zero attached hydrogens (tertiary/aromatic N) is 2. The highest BCUT2D eigenvalue weighted by Gasteiger charge is 2.09. The van der Waals surface area contributed by atoms with Crippen LogP contribution >= 0.6 is 23.2 Å². The first-order chi connectivity index (χ1) is 11.0. The van der Waals surface area contributed by atoms with Crippen LogP contribution in [-0.4, -0.2) is 23.0 Å². The van der Waals surface area contributed by atoms with Gasteiger partial charge in [0.25, 0.3) is 5.91 Å². The maximum absolute atomic E-state index is 13.2. The van der Waals surface area contributed by atoms with Gasteiger partial charge >= 0.3 is 0 Å². The van der Waals surface area contributed by atoms with E-state index in [9.17, 15) is 9.18 Å². The number of carbonyl (C=O) groups is 1. The molecule has 0 atom stereocenters. The van der Waals surface area contributed by atoms with Crippen LogP contribution in [0.4, 0.5) is 4.39 Å². The summed E-state index contributed by atoms with van der Waals surface area (Å²) in [5.74, 6) is -1.11. The zero-order chi connectivity index (χ0) is 16.8. The minimum atomic E-state index is -0.598. The molecule has 0 radical (unpaired) electrons. The number of nitrogens with one attached hydrogen (secondary N) is 1. The van der Waals surface area contributed by atoms with Crippen molar-refractivity contribution in [2.45, 2.75) is 0 Å². The molecule has 2 aromatic carbocycles. The maximum atomic E-state index is 13.2. The summed E-state index contributed by atoms with van der Waals surface area (Å²) >= 11 is 11.5. The van der Waals surface area contributed by atoms with Crippen LogP contribution in [0.25, 0.3) is 0 Å². The third-order valence-corrected chi connectivity index (χ3v) is 3.28. The Balaban J connectivity index is 2.25. The molecule has 0 heterocycles. The second kappa shape index (κ2) is 7.71. The van der Waals surface area contributed by atoms with Crippen molar-refractivity contribution in [1.29, 1.82) is 0 Å². The number of hydrogen-bond donors (Lipinski definition) is 2. The molecule has 23 heavy (non-hydrogen) atoms. The highest BCUT2D eigenvalue weighted by atomic mass is 35.5. The molecule has 0 unspecified atom stereocenters. The van der Waals surface area contributed by atoms with Gasteiger partial charge in [0.05, 0.1) is 11.2 Å². The number of oxime groups is 1. The Bertz CT molecular complexity index is 794. The van der Waals surface area contributed by atoms with Crippen molar-refractivity contribution in [3.63, 3.8) is 0 Å². The fraction of sp³-hybridized carbons (Fsp3) is 0. The van der Waals surface area contributed by atoms with Gasteiger partial charge in [0.15, 0.2) is 0 Å². The van der Waals surface area contributed by atoms with Crippen molar-refractivity contribution >= 4 is 41.0 Å². The first-order valence-electron chi connectivity index (χ1n) is 6.27. The van der Waals surface area contributed by atoms with E-state index in [4.69, 9.17) is 28.4 Å². The fourth-order valence-corrected chi connectivity index (χ4v) is 2.05. The first-order valence-corrected chi connectivity index (χ1v) is 7.03. The Morgan fingerprint density at radius 3 is 2.61 bits per heavy atom. The molecule has 0 aliphatic carbocycles. The molecule has 0 fully saturated rings. The quantitative estimate of drug-likeness (QED) is 0.499. The van der Waals surface area contributed by atoms with E-state index in [0.717, 1.165) is 12.3 Å². The maximum Gasteiger partial charge on any atom is 0.271 e. The van der Waals surface area contributed by atoms with Crippen LogP contribution in [0.15, 0.2) is 52.7 Å². The lowest BCUT2D eigenvalue weighted by molar-refractivity contribution is 0.0955. The van der Waals surface area contributed by atoms with Crippen LogP contribution in [0.2, 0.25) is 10.0 Å². The summed E-state index contributed by atoms with van der Waals surface area (Å²) in [6.45, 7) is 0. The van der Waals surface area contributed by atoms with Crippen LogP contribution in [0, 0.1) is 5.82 Å². The molecule has 0 spiro atoms. The average molecular weight is 354 g/mol. The SMILES string of the molecule is O=C(N/N=C(\C=N\O)c1ccc(F)c(Cl)c1)c1cccc(Cl)c1. The van der Waals surface area contributed by atoms with Gasteiger partial charge in [-0.15, -0.1) is 0 Å². The molecule has 0 aromatic heterocycles. The third-order valence-electron chi connectivity index (χ3n) is 2.76. The van der Waals surface area contributed by atoms with Gasteiger partial charge in [0, 0.05) is 16.1 Å². The highest BCUT2D eigenvalue weighted by molar-refractivity contribution is 6.39. The number of amides is 1. The molecule has 0 aliphatic rings. The number of hydrogen-bond acceptors (Lipinski definition) is 4. The summed E-state index contributed by atoms with van der Waals surface area (Å²) in [5, 5.41) is 15.7. The number of halogens is 3. The van der Waals surface area contributed by atoms with E-state index in [1.807, 2.05) is 0 Å². The van der Waals surface area contributed by atoms with E-state index in [1.54, 1.807) is 18.2 Å². The lowest BCUT2D eigenvalue weighted by Crippen LogP contribution is -2.20. The van der Waals surface area contributed by atoms with E-state index in [1.165, 1.54) is 18.2 Å². The minimum Gasteiger partial charge on any atom is -0.411 e. The summed E-state index contributed by atoms with van der Waals surface area (Å²) in [6.07, 6.45) is 0.988. The smallest absolute Gasteiger partial charge is 0.271 e. The Kier molecular flexibility index (Phi) is 5.67. The van der Waals surface area contributed by atoms with Gasteiger partial charge in [0.1, 0.15) is 11.5 Å². The van der Waals surface area contributed by atoms with E-state index in [2.05, 4.69) is 15.7 Å². The summed E-state index contributed by atoms with van der Waals surface area (Å²) in [7, 11) is 0. The minimum absolute atomic E-state index is 0.0878. The van der Waals surface area contributed by atoms with Gasteiger partial charge in [-0.1, -0.05) is 34.4 Å². The molecular weight excluding hydrogens is 344 g/mol. The second-order valence-corrected chi connectivity index (χ2v) is 5.17. The summed E-state index contributed by atoms with van der Waals surface area (Å²) < 4.78 is 13.2. The number of rotatable bonds is 4. The van der Waals surface area contributed by atoms with Gasteiger partial charge in [-0.2, -0.15) is 5.10 Å². The van der Waals surface area contributed by atoms with Crippen molar-refractivity contribution in [2.75, 3.05) is 0 Å². The molecule has 0 bridgehead atoms. The van der Waals surface area contributed by atoms with Gasteiger partial charge in [-0.05, 0) is 36.4 Å². The van der Waals surface area contributed by atoms with Crippen molar-refractivity contribution in [3.8, 4) is 0 Å². The molecular formula is C15H10Cl2FN3O2. The average Bonchev–Trinajstić information content (AvgIpc) is 2.54. The molecule has 118 valence electrons. The van der Waals surface area contributed by atoms with E-state index in [0.29, 0.717) is 16.1 Å². The van der Waals surface area contributed by atoms with Crippen LogP contribution in [0.3, 0.4) is 0 Å². The van der Waals surface area contributed by atoms with E-state index < -0.39 is 11.7 Å². The molecule has 0 aliphatic heterocycles. The number of carbonyl (C=O) groups excluding carboxylic acids is 1. The second-order valence-electron chi connectivity index (χ2n) is 4.32.